The Morgan fingerprint density at radius 1 is 0.556 bits per heavy atom. The maximum Gasteiger partial charge on any atom is 0.460 e. The second-order valence-electron chi connectivity index (χ2n) is 7.13. The number of aliphatic hydroxyl groups is 1. The Morgan fingerprint density at radius 2 is 0.833 bits per heavy atom. The molecule has 1 atom stereocenters. The summed E-state index contributed by atoms with van der Waals surface area (Å²) >= 11 is 0. The highest BCUT2D eigenvalue weighted by Crippen LogP contribution is 2.61. The van der Waals surface area contributed by atoms with Crippen LogP contribution in [0.25, 0.3) is 0 Å². The van der Waals surface area contributed by atoms with Gasteiger partial charge in [0.25, 0.3) is 0 Å². The summed E-state index contributed by atoms with van der Waals surface area (Å²) in [6.45, 7) is 0.590. The molecule has 0 saturated carbocycles. The fraction of sp³-hybridized carbons (Fsp3) is 0.647. The highest BCUT2D eigenvalue weighted by atomic mass is 19.4. The number of alkyl halides is 18. The molecule has 0 heterocycles. The third kappa shape index (κ3) is 4.33. The van der Waals surface area contributed by atoms with Crippen LogP contribution < -0.4 is 0 Å². The third-order valence-electron chi connectivity index (χ3n) is 4.79. The predicted molar refractivity (Wildman–Crippen MR) is 81.4 cm³/mol. The highest BCUT2D eigenvalue weighted by Gasteiger charge is 2.84. The van der Waals surface area contributed by atoms with Crippen LogP contribution in [0.3, 0.4) is 0 Å². The highest BCUT2D eigenvalue weighted by molar-refractivity contribution is 5.44. The number of rotatable bonds is 8. The standard InChI is InChI=1S/C17H10F18O/c1-2-8(36)9-6(10(18,19)12(22,23)14(26,27)16(30,31)32)4-3-5-7(9)11(20,21)13(24,25)15(28,29)17(33,34)35/h3-5,8,36H,2H2,1H3. The molecule has 0 saturated heterocycles. The summed E-state index contributed by atoms with van der Waals surface area (Å²) in [6.07, 6.45) is -19.3. The second kappa shape index (κ2) is 8.75. The number of halogens is 18. The molecule has 0 aliphatic heterocycles. The van der Waals surface area contributed by atoms with Gasteiger partial charge >= 0.3 is 47.9 Å². The van der Waals surface area contributed by atoms with E-state index in [2.05, 4.69) is 0 Å². The summed E-state index contributed by atoms with van der Waals surface area (Å²) in [5.41, 5.74) is -8.91. The van der Waals surface area contributed by atoms with Gasteiger partial charge < -0.3 is 5.11 Å². The molecule has 0 aliphatic carbocycles. The van der Waals surface area contributed by atoms with Crippen molar-refractivity contribution in [2.75, 3.05) is 0 Å². The normalized spacial score (nSPS) is 16.3. The van der Waals surface area contributed by atoms with Crippen LogP contribution >= 0.6 is 0 Å². The van der Waals surface area contributed by atoms with Gasteiger partial charge in [-0.2, -0.15) is 79.0 Å². The van der Waals surface area contributed by atoms with Crippen LogP contribution in [-0.2, 0) is 11.8 Å². The lowest BCUT2D eigenvalue weighted by molar-refractivity contribution is -0.401. The van der Waals surface area contributed by atoms with Crippen molar-refractivity contribution in [3.05, 3.63) is 34.9 Å². The van der Waals surface area contributed by atoms with Gasteiger partial charge in [-0.05, 0) is 12.0 Å². The fourth-order valence-corrected chi connectivity index (χ4v) is 2.76. The van der Waals surface area contributed by atoms with Crippen molar-refractivity contribution < 1.29 is 84.1 Å². The first kappa shape index (κ1) is 31.9. The SMILES string of the molecule is CCC(O)c1c(C(F)(F)C(F)(F)C(F)(F)C(F)(F)F)cccc1C(F)(F)C(F)(F)C(F)(F)C(F)(F)F. The minimum Gasteiger partial charge on any atom is -0.388 e. The van der Waals surface area contributed by atoms with E-state index < -0.39 is 95.3 Å². The fourth-order valence-electron chi connectivity index (χ4n) is 2.76. The van der Waals surface area contributed by atoms with Gasteiger partial charge in [0.1, 0.15) is 0 Å². The third-order valence-corrected chi connectivity index (χ3v) is 4.79. The largest absolute Gasteiger partial charge is 0.460 e. The van der Waals surface area contributed by atoms with Crippen molar-refractivity contribution in [3.8, 4) is 0 Å². The molecule has 0 spiro atoms. The molecule has 1 unspecified atom stereocenters. The summed E-state index contributed by atoms with van der Waals surface area (Å²) in [4.78, 5) is 0. The van der Waals surface area contributed by atoms with Crippen LogP contribution in [-0.4, -0.2) is 41.1 Å². The molecule has 0 aliphatic rings. The van der Waals surface area contributed by atoms with Gasteiger partial charge in [-0.15, -0.1) is 0 Å². The molecule has 0 bridgehead atoms. The van der Waals surface area contributed by atoms with E-state index in [0.29, 0.717) is 6.92 Å². The Balaban J connectivity index is 4.10. The zero-order chi connectivity index (χ0) is 29.1. The molecule has 0 fully saturated rings. The van der Waals surface area contributed by atoms with Crippen molar-refractivity contribution >= 4 is 0 Å². The first-order chi connectivity index (χ1) is 15.6. The summed E-state index contributed by atoms with van der Waals surface area (Å²) in [5.74, 6) is -44.4. The lowest BCUT2D eigenvalue weighted by atomic mass is 9.83. The maximum absolute atomic E-state index is 14.4. The van der Waals surface area contributed by atoms with E-state index >= 15 is 0 Å². The summed E-state index contributed by atoms with van der Waals surface area (Å²) in [7, 11) is 0. The van der Waals surface area contributed by atoms with Crippen LogP contribution in [0.1, 0.15) is 36.1 Å². The molecule has 1 N–H and O–H groups in total. The van der Waals surface area contributed by atoms with Gasteiger partial charge in [0.2, 0.25) is 0 Å². The lowest BCUT2D eigenvalue weighted by Crippen LogP contribution is -2.60. The molecule has 1 aromatic carbocycles. The first-order valence-electron chi connectivity index (χ1n) is 8.81. The monoisotopic (exact) mass is 572 g/mol. The van der Waals surface area contributed by atoms with E-state index in [1.807, 2.05) is 0 Å². The van der Waals surface area contributed by atoms with Crippen molar-refractivity contribution in [1.29, 1.82) is 0 Å². The number of hydrogen-bond donors (Lipinski definition) is 1. The molecule has 1 aromatic rings. The molecule has 19 heteroatoms. The predicted octanol–water partition coefficient (Wildman–Crippen LogP) is 7.98. The second-order valence-corrected chi connectivity index (χ2v) is 7.13. The quantitative estimate of drug-likeness (QED) is 0.314. The van der Waals surface area contributed by atoms with Gasteiger partial charge in [-0.3, -0.25) is 0 Å². The summed E-state index contributed by atoms with van der Waals surface area (Å²) in [6, 6.07) is -1.66. The molecule has 0 radical (unpaired) electrons. The summed E-state index contributed by atoms with van der Waals surface area (Å²) < 4.78 is 240. The van der Waals surface area contributed by atoms with Gasteiger partial charge in [0.05, 0.1) is 6.10 Å². The zero-order valence-corrected chi connectivity index (χ0v) is 16.8. The molecule has 0 amide bonds. The van der Waals surface area contributed by atoms with Crippen molar-refractivity contribution in [3.63, 3.8) is 0 Å². The van der Waals surface area contributed by atoms with Crippen molar-refractivity contribution in [1.82, 2.24) is 0 Å². The molecule has 1 nitrogen and oxygen atoms in total. The van der Waals surface area contributed by atoms with Crippen LogP contribution in [0.15, 0.2) is 18.2 Å². The minimum atomic E-state index is -7.64. The zero-order valence-electron chi connectivity index (χ0n) is 16.8. The van der Waals surface area contributed by atoms with Crippen LogP contribution in [0.2, 0.25) is 0 Å². The maximum atomic E-state index is 14.4. The van der Waals surface area contributed by atoms with E-state index in [1.165, 1.54) is 0 Å². The van der Waals surface area contributed by atoms with E-state index in [1.54, 1.807) is 0 Å². The molecule has 1 rings (SSSR count). The topological polar surface area (TPSA) is 20.2 Å². The van der Waals surface area contributed by atoms with Gasteiger partial charge in [-0.25, -0.2) is 0 Å². The van der Waals surface area contributed by atoms with Crippen molar-refractivity contribution in [2.24, 2.45) is 0 Å². The Kier molecular flexibility index (Phi) is 7.76. The van der Waals surface area contributed by atoms with E-state index in [4.69, 9.17) is 0 Å². The molecule has 36 heavy (non-hydrogen) atoms. The van der Waals surface area contributed by atoms with Crippen LogP contribution in [0.5, 0.6) is 0 Å². The molecular formula is C17H10F18O. The average Bonchev–Trinajstić information content (AvgIpc) is 2.70. The van der Waals surface area contributed by atoms with Crippen LogP contribution in [0, 0.1) is 0 Å². The molecule has 210 valence electrons. The Morgan fingerprint density at radius 3 is 1.06 bits per heavy atom. The van der Waals surface area contributed by atoms with Crippen LogP contribution in [0.4, 0.5) is 79.0 Å². The van der Waals surface area contributed by atoms with Crippen molar-refractivity contribution in [2.45, 2.75) is 67.3 Å². The first-order valence-corrected chi connectivity index (χ1v) is 8.81. The minimum absolute atomic E-state index is 0.429. The van der Waals surface area contributed by atoms with Gasteiger partial charge in [0.15, 0.2) is 0 Å². The smallest absolute Gasteiger partial charge is 0.388 e. The van der Waals surface area contributed by atoms with E-state index in [-0.39, 0.29) is 0 Å². The summed E-state index contributed by atoms with van der Waals surface area (Å²) in [5, 5.41) is 9.70. The van der Waals surface area contributed by atoms with E-state index in [0.717, 1.165) is 0 Å². The van der Waals surface area contributed by atoms with Gasteiger partial charge in [-0.1, -0.05) is 25.1 Å². The van der Waals surface area contributed by atoms with E-state index in [9.17, 15) is 84.1 Å². The lowest BCUT2D eigenvalue weighted by Gasteiger charge is -2.37. The number of benzene rings is 1. The Labute approximate surface area is 187 Å². The average molecular weight is 572 g/mol. The molecular weight excluding hydrogens is 562 g/mol. The number of hydrogen-bond acceptors (Lipinski definition) is 1. The molecule has 0 aromatic heterocycles. The Bertz CT molecular complexity index is 874. The Hall–Kier alpha value is -2.08. The number of aliphatic hydroxyl groups excluding tert-OH is 1. The van der Waals surface area contributed by atoms with Gasteiger partial charge in [0, 0.05) is 11.1 Å².